The van der Waals surface area contributed by atoms with Crippen molar-refractivity contribution in [1.29, 1.82) is 0 Å². The van der Waals surface area contributed by atoms with Crippen LogP contribution in [0.1, 0.15) is 28.9 Å². The maximum Gasteiger partial charge on any atom is 0.276 e. The van der Waals surface area contributed by atoms with Gasteiger partial charge in [0.25, 0.3) is 5.91 Å². The van der Waals surface area contributed by atoms with Crippen molar-refractivity contribution < 1.29 is 14.3 Å². The Bertz CT molecular complexity index is 1340. The first kappa shape index (κ1) is 19.7. The molecule has 4 aromatic rings. The molecule has 10 nitrogen and oxygen atoms in total. The number of nitrogens with one attached hydrogen (secondary N) is 2. The molecule has 0 aliphatic heterocycles. The fourth-order valence-corrected chi connectivity index (χ4v) is 3.19. The van der Waals surface area contributed by atoms with Gasteiger partial charge in [-0.1, -0.05) is 6.07 Å². The largest absolute Gasteiger partial charge is 0.456 e. The Morgan fingerprint density at radius 1 is 1.06 bits per heavy atom. The lowest BCUT2D eigenvalue weighted by Crippen LogP contribution is -2.14. The average molecular weight is 431 g/mol. The molecule has 0 bridgehead atoms. The molecule has 1 saturated carbocycles. The van der Waals surface area contributed by atoms with E-state index in [1.807, 2.05) is 19.1 Å². The van der Waals surface area contributed by atoms with Gasteiger partial charge in [-0.05, 0) is 49.6 Å². The Morgan fingerprint density at radius 2 is 1.88 bits per heavy atom. The molecule has 3 aromatic heterocycles. The topological polar surface area (TPSA) is 115 Å². The first-order valence-electron chi connectivity index (χ1n) is 10.2. The molecule has 0 radical (unpaired) electrons. The van der Waals surface area contributed by atoms with Gasteiger partial charge in [-0.2, -0.15) is 10.1 Å². The van der Waals surface area contributed by atoms with Crippen molar-refractivity contribution in [3.63, 3.8) is 0 Å². The zero-order valence-electron chi connectivity index (χ0n) is 17.6. The first-order valence-corrected chi connectivity index (χ1v) is 10.2. The third-order valence-electron chi connectivity index (χ3n) is 5.13. The van der Waals surface area contributed by atoms with Crippen LogP contribution >= 0.6 is 0 Å². The van der Waals surface area contributed by atoms with E-state index in [-0.39, 0.29) is 23.7 Å². The van der Waals surface area contributed by atoms with Crippen LogP contribution in [0.2, 0.25) is 0 Å². The van der Waals surface area contributed by atoms with Gasteiger partial charge < -0.3 is 10.1 Å². The number of rotatable bonds is 6. The van der Waals surface area contributed by atoms with Gasteiger partial charge in [0.2, 0.25) is 11.9 Å². The van der Waals surface area contributed by atoms with Gasteiger partial charge in [0.15, 0.2) is 11.3 Å². The summed E-state index contributed by atoms with van der Waals surface area (Å²) in [7, 11) is 1.76. The van der Waals surface area contributed by atoms with Crippen LogP contribution < -0.4 is 15.4 Å². The fourth-order valence-electron chi connectivity index (χ4n) is 3.19. The smallest absolute Gasteiger partial charge is 0.276 e. The van der Waals surface area contributed by atoms with E-state index in [0.717, 1.165) is 18.4 Å². The van der Waals surface area contributed by atoms with Crippen LogP contribution in [0.15, 0.2) is 48.8 Å². The number of carbonyl (C=O) groups is 2. The number of hydrogen-bond donors (Lipinski definition) is 2. The van der Waals surface area contributed by atoms with Gasteiger partial charge >= 0.3 is 0 Å². The second-order valence-corrected chi connectivity index (χ2v) is 7.77. The van der Waals surface area contributed by atoms with Crippen LogP contribution in [0, 0.1) is 12.8 Å². The molecule has 2 N–H and O–H groups in total. The highest BCUT2D eigenvalue weighted by Gasteiger charge is 2.30. The van der Waals surface area contributed by atoms with E-state index in [1.165, 1.54) is 0 Å². The summed E-state index contributed by atoms with van der Waals surface area (Å²) in [4.78, 5) is 28.7. The van der Waals surface area contributed by atoms with Crippen LogP contribution in [0.5, 0.6) is 11.5 Å². The molecule has 5 rings (SSSR count). The van der Waals surface area contributed by atoms with E-state index in [2.05, 4.69) is 25.8 Å². The molecule has 0 unspecified atom stereocenters. The summed E-state index contributed by atoms with van der Waals surface area (Å²) in [5.41, 5.74) is 2.45. The summed E-state index contributed by atoms with van der Waals surface area (Å²) in [5, 5.41) is 14.0. The Kier molecular flexibility index (Phi) is 4.81. The molecule has 162 valence electrons. The average Bonchev–Trinajstić information content (AvgIpc) is 3.41. The highest BCUT2D eigenvalue weighted by atomic mass is 16.5. The lowest BCUT2D eigenvalue weighted by molar-refractivity contribution is -0.117. The van der Waals surface area contributed by atoms with E-state index in [9.17, 15) is 9.59 Å². The molecule has 3 heterocycles. The molecule has 0 atom stereocenters. The van der Waals surface area contributed by atoms with Crippen LogP contribution in [0.4, 0.5) is 11.6 Å². The van der Waals surface area contributed by atoms with Gasteiger partial charge in [0.05, 0.1) is 6.20 Å². The number of aromatic nitrogens is 5. The predicted molar refractivity (Wildman–Crippen MR) is 117 cm³/mol. The fraction of sp³-hybridized carbons (Fsp3) is 0.227. The summed E-state index contributed by atoms with van der Waals surface area (Å²) in [5.74, 6) is 1.10. The van der Waals surface area contributed by atoms with Gasteiger partial charge in [0.1, 0.15) is 11.5 Å². The summed E-state index contributed by atoms with van der Waals surface area (Å²) < 4.78 is 9.09. The Hall–Kier alpha value is -4.21. The van der Waals surface area contributed by atoms with Gasteiger partial charge in [0, 0.05) is 30.9 Å². The van der Waals surface area contributed by atoms with Crippen LogP contribution in [-0.2, 0) is 11.8 Å². The summed E-state index contributed by atoms with van der Waals surface area (Å²) in [6.45, 7) is 1.90. The number of amides is 2. The van der Waals surface area contributed by atoms with Gasteiger partial charge in [-0.15, -0.1) is 5.10 Å². The Morgan fingerprint density at radius 3 is 2.62 bits per heavy atom. The molecule has 1 fully saturated rings. The van der Waals surface area contributed by atoms with E-state index < -0.39 is 0 Å². The normalized spacial score (nSPS) is 13.2. The number of pyridine rings is 1. The third kappa shape index (κ3) is 4.15. The maximum absolute atomic E-state index is 12.4. The molecule has 10 heteroatoms. The number of ether oxygens (including phenoxy) is 1. The molecule has 2 amide bonds. The van der Waals surface area contributed by atoms with E-state index >= 15 is 0 Å². The number of hydrogen-bond acceptors (Lipinski definition) is 6. The quantitative estimate of drug-likeness (QED) is 0.485. The molecule has 0 saturated heterocycles. The SMILES string of the molecule is Cc1ccc(Oc2ccc3nc(NC(=O)C4CC4)nn3c2)cc1NC(=O)c1ccn(C)n1. The number of carbonyl (C=O) groups excluding carboxylic acids is 2. The molecule has 1 aliphatic rings. The van der Waals surface area contributed by atoms with Crippen LogP contribution in [0.3, 0.4) is 0 Å². The van der Waals surface area contributed by atoms with Crippen molar-refractivity contribution in [3.8, 4) is 11.5 Å². The van der Waals surface area contributed by atoms with E-state index in [1.54, 1.807) is 52.9 Å². The molecule has 1 aliphatic carbocycles. The van der Waals surface area contributed by atoms with E-state index in [0.29, 0.717) is 28.5 Å². The lowest BCUT2D eigenvalue weighted by atomic mass is 10.2. The maximum atomic E-state index is 12.4. The number of nitrogens with zero attached hydrogens (tertiary/aromatic N) is 5. The summed E-state index contributed by atoms with van der Waals surface area (Å²) >= 11 is 0. The van der Waals surface area contributed by atoms with Crippen molar-refractivity contribution in [1.82, 2.24) is 24.4 Å². The number of aryl methyl sites for hydroxylation is 2. The number of fused-ring (bicyclic) bond motifs is 1. The van der Waals surface area contributed by atoms with Gasteiger partial charge in [-0.3, -0.25) is 19.6 Å². The van der Waals surface area contributed by atoms with Crippen LogP contribution in [-0.4, -0.2) is 36.2 Å². The van der Waals surface area contributed by atoms with E-state index in [4.69, 9.17) is 4.74 Å². The standard InChI is InChI=1S/C22H21N7O3/c1-13-3-6-15(11-18(13)23-21(31)17-9-10-28(2)26-17)32-16-7-8-19-24-22(27-29(19)12-16)25-20(30)14-4-5-14/h3,6-12,14H,4-5H2,1-2H3,(H,23,31)(H,25,27,30). The highest BCUT2D eigenvalue weighted by molar-refractivity contribution is 6.03. The van der Waals surface area contributed by atoms with Crippen molar-refractivity contribution >= 4 is 29.1 Å². The molecular weight excluding hydrogens is 410 g/mol. The monoisotopic (exact) mass is 431 g/mol. The molecular formula is C22H21N7O3. The van der Waals surface area contributed by atoms with Crippen molar-refractivity contribution in [2.75, 3.05) is 10.6 Å². The molecule has 1 aromatic carbocycles. The predicted octanol–water partition coefficient (Wildman–Crippen LogP) is 3.16. The molecule has 32 heavy (non-hydrogen) atoms. The number of benzene rings is 1. The second-order valence-electron chi connectivity index (χ2n) is 7.77. The van der Waals surface area contributed by atoms with Gasteiger partial charge in [-0.25, -0.2) is 4.52 Å². The lowest BCUT2D eigenvalue weighted by Gasteiger charge is -2.11. The minimum atomic E-state index is -0.296. The zero-order valence-corrected chi connectivity index (χ0v) is 17.6. The van der Waals surface area contributed by atoms with Crippen molar-refractivity contribution in [3.05, 3.63) is 60.0 Å². The van der Waals surface area contributed by atoms with Crippen molar-refractivity contribution in [2.45, 2.75) is 19.8 Å². The minimum Gasteiger partial charge on any atom is -0.456 e. The molecule has 0 spiro atoms. The Balaban J connectivity index is 1.32. The van der Waals surface area contributed by atoms with Crippen molar-refractivity contribution in [2.24, 2.45) is 13.0 Å². The van der Waals surface area contributed by atoms with Crippen LogP contribution in [0.25, 0.3) is 5.65 Å². The zero-order chi connectivity index (χ0) is 22.2. The Labute approximate surface area is 183 Å². The number of anilines is 2. The minimum absolute atomic E-state index is 0.0442. The second kappa shape index (κ2) is 7.80. The first-order chi connectivity index (χ1) is 15.4. The summed E-state index contributed by atoms with van der Waals surface area (Å²) in [6, 6.07) is 10.6. The third-order valence-corrected chi connectivity index (χ3v) is 5.13. The highest BCUT2D eigenvalue weighted by Crippen LogP contribution is 2.30. The summed E-state index contributed by atoms with van der Waals surface area (Å²) in [6.07, 6.45) is 5.22.